The summed E-state index contributed by atoms with van der Waals surface area (Å²) in [5.74, 6) is -0.435. The number of methoxy groups -OCH3 is 1. The smallest absolute Gasteiger partial charge is 0.293 e. The molecule has 2 heterocycles. The van der Waals surface area contributed by atoms with Crippen molar-refractivity contribution in [1.82, 2.24) is 14.8 Å². The zero-order valence-corrected chi connectivity index (χ0v) is 18.4. The minimum absolute atomic E-state index is 0.127. The molecule has 0 saturated carbocycles. The average Bonchev–Trinajstić information content (AvgIpc) is 3.27. The molecular formula is C24H23N3O4S. The zero-order chi connectivity index (χ0) is 22.5. The normalized spacial score (nSPS) is 15.2. The van der Waals surface area contributed by atoms with Crippen molar-refractivity contribution in [2.45, 2.75) is 13.1 Å². The summed E-state index contributed by atoms with van der Waals surface area (Å²) in [6.07, 6.45) is 3.57. The van der Waals surface area contributed by atoms with Gasteiger partial charge in [-0.3, -0.25) is 19.3 Å². The molecule has 0 spiro atoms. The van der Waals surface area contributed by atoms with E-state index in [2.05, 4.69) is 5.32 Å². The van der Waals surface area contributed by atoms with Crippen molar-refractivity contribution >= 4 is 45.8 Å². The Morgan fingerprint density at radius 1 is 1.09 bits per heavy atom. The van der Waals surface area contributed by atoms with Gasteiger partial charge in [-0.2, -0.15) is 0 Å². The molecule has 1 saturated heterocycles. The average molecular weight is 450 g/mol. The molecule has 3 amide bonds. The van der Waals surface area contributed by atoms with Crippen LogP contribution in [0.25, 0.3) is 17.0 Å². The number of aromatic nitrogens is 1. The van der Waals surface area contributed by atoms with Gasteiger partial charge in [0, 0.05) is 36.3 Å². The number of fused-ring (bicyclic) bond motifs is 1. The van der Waals surface area contributed by atoms with Crippen molar-refractivity contribution in [3.63, 3.8) is 0 Å². The van der Waals surface area contributed by atoms with E-state index in [-0.39, 0.29) is 30.1 Å². The number of hydrogen-bond acceptors (Lipinski definition) is 5. The topological polar surface area (TPSA) is 80.6 Å². The molecule has 1 aliphatic heterocycles. The van der Waals surface area contributed by atoms with E-state index in [1.807, 2.05) is 65.4 Å². The van der Waals surface area contributed by atoms with Gasteiger partial charge < -0.3 is 14.6 Å². The lowest BCUT2D eigenvalue weighted by atomic mass is 10.1. The molecule has 0 unspecified atom stereocenters. The summed E-state index contributed by atoms with van der Waals surface area (Å²) < 4.78 is 6.81. The third-order valence-electron chi connectivity index (χ3n) is 5.11. The molecule has 3 aromatic rings. The van der Waals surface area contributed by atoms with Crippen molar-refractivity contribution < 1.29 is 19.1 Å². The van der Waals surface area contributed by atoms with Crippen LogP contribution in [0.2, 0.25) is 0 Å². The van der Waals surface area contributed by atoms with Crippen LogP contribution in [-0.4, -0.2) is 46.8 Å². The van der Waals surface area contributed by atoms with Crippen LogP contribution in [0.1, 0.15) is 11.1 Å². The third kappa shape index (κ3) is 4.76. The van der Waals surface area contributed by atoms with Gasteiger partial charge in [-0.25, -0.2) is 0 Å². The van der Waals surface area contributed by atoms with Crippen molar-refractivity contribution in [3.05, 3.63) is 76.8 Å². The third-order valence-corrected chi connectivity index (χ3v) is 6.01. The van der Waals surface area contributed by atoms with E-state index in [4.69, 9.17) is 4.74 Å². The highest BCUT2D eigenvalue weighted by molar-refractivity contribution is 8.18. The molecule has 1 fully saturated rings. The van der Waals surface area contributed by atoms with Crippen LogP contribution >= 0.6 is 11.8 Å². The quantitative estimate of drug-likeness (QED) is 0.420. The standard InChI is InChI=1S/C24H23N3O4S/c1-31-12-11-25-22(28)16-26-15-18(19-9-5-6-10-20(19)26)13-21-23(29)27(24(30)32-21)14-17-7-3-2-4-8-17/h2-10,13,15H,11-12,14,16H2,1H3,(H,25,28)/b21-13-. The van der Waals surface area contributed by atoms with Crippen LogP contribution in [0.4, 0.5) is 4.79 Å². The molecule has 0 aliphatic carbocycles. The Morgan fingerprint density at radius 2 is 1.84 bits per heavy atom. The molecule has 1 aromatic heterocycles. The van der Waals surface area contributed by atoms with Crippen LogP contribution < -0.4 is 5.32 Å². The minimum atomic E-state index is -0.307. The van der Waals surface area contributed by atoms with Crippen LogP contribution in [0.5, 0.6) is 0 Å². The molecule has 8 heteroatoms. The number of thioether (sulfide) groups is 1. The van der Waals surface area contributed by atoms with E-state index in [0.29, 0.717) is 18.1 Å². The van der Waals surface area contributed by atoms with E-state index in [1.54, 1.807) is 13.2 Å². The molecule has 1 aliphatic rings. The van der Waals surface area contributed by atoms with Crippen LogP contribution in [-0.2, 0) is 27.4 Å². The van der Waals surface area contributed by atoms with Gasteiger partial charge in [0.15, 0.2) is 0 Å². The van der Waals surface area contributed by atoms with Gasteiger partial charge in [-0.1, -0.05) is 48.5 Å². The molecular weight excluding hydrogens is 426 g/mol. The largest absolute Gasteiger partial charge is 0.383 e. The second kappa shape index (κ2) is 9.84. The lowest BCUT2D eigenvalue weighted by molar-refractivity contribution is -0.123. The number of rotatable bonds is 8. The summed E-state index contributed by atoms with van der Waals surface area (Å²) in [7, 11) is 1.58. The highest BCUT2D eigenvalue weighted by atomic mass is 32.2. The number of carbonyl (C=O) groups excluding carboxylic acids is 3. The first-order valence-electron chi connectivity index (χ1n) is 10.2. The van der Waals surface area contributed by atoms with E-state index in [0.717, 1.165) is 33.8 Å². The van der Waals surface area contributed by atoms with Gasteiger partial charge in [-0.05, 0) is 29.5 Å². The molecule has 0 bridgehead atoms. The van der Waals surface area contributed by atoms with Crippen molar-refractivity contribution in [1.29, 1.82) is 0 Å². The summed E-state index contributed by atoms with van der Waals surface area (Å²) in [6.45, 7) is 1.28. The molecule has 7 nitrogen and oxygen atoms in total. The highest BCUT2D eigenvalue weighted by Gasteiger charge is 2.35. The second-order valence-corrected chi connectivity index (χ2v) is 8.32. The van der Waals surface area contributed by atoms with E-state index in [9.17, 15) is 14.4 Å². The first kappa shape index (κ1) is 21.9. The lowest BCUT2D eigenvalue weighted by Crippen LogP contribution is -2.30. The van der Waals surface area contributed by atoms with E-state index < -0.39 is 0 Å². The van der Waals surface area contributed by atoms with Gasteiger partial charge in [0.1, 0.15) is 6.54 Å². The van der Waals surface area contributed by atoms with Crippen molar-refractivity contribution in [2.75, 3.05) is 20.3 Å². The Morgan fingerprint density at radius 3 is 2.62 bits per heavy atom. The minimum Gasteiger partial charge on any atom is -0.383 e. The molecule has 32 heavy (non-hydrogen) atoms. The lowest BCUT2D eigenvalue weighted by Gasteiger charge is -2.12. The Balaban J connectivity index is 1.58. The number of hydrogen-bond donors (Lipinski definition) is 1. The molecule has 0 atom stereocenters. The van der Waals surface area contributed by atoms with Crippen LogP contribution in [0.15, 0.2) is 65.7 Å². The maximum Gasteiger partial charge on any atom is 0.293 e. The van der Waals surface area contributed by atoms with Crippen molar-refractivity contribution in [3.8, 4) is 0 Å². The van der Waals surface area contributed by atoms with Crippen molar-refractivity contribution in [2.24, 2.45) is 0 Å². The summed E-state index contributed by atoms with van der Waals surface area (Å²) in [5, 5.41) is 3.43. The fourth-order valence-corrected chi connectivity index (χ4v) is 4.40. The summed E-state index contributed by atoms with van der Waals surface area (Å²) in [4.78, 5) is 39.3. The van der Waals surface area contributed by atoms with Gasteiger partial charge in [0.25, 0.3) is 11.1 Å². The molecule has 1 N–H and O–H groups in total. The van der Waals surface area contributed by atoms with Crippen LogP contribution in [0.3, 0.4) is 0 Å². The number of benzene rings is 2. The summed E-state index contributed by atoms with van der Waals surface area (Å²) >= 11 is 0.937. The second-order valence-electron chi connectivity index (χ2n) is 7.33. The summed E-state index contributed by atoms with van der Waals surface area (Å²) in [6, 6.07) is 17.1. The Labute approximate surface area is 190 Å². The molecule has 0 radical (unpaired) electrons. The fourth-order valence-electron chi connectivity index (χ4n) is 3.57. The number of carbonyl (C=O) groups is 3. The number of nitrogens with zero attached hydrogens (tertiary/aromatic N) is 2. The number of nitrogens with one attached hydrogen (secondary N) is 1. The molecule has 164 valence electrons. The maximum absolute atomic E-state index is 12.9. The van der Waals surface area contributed by atoms with Gasteiger partial charge in [-0.15, -0.1) is 0 Å². The first-order valence-corrected chi connectivity index (χ1v) is 11.0. The monoisotopic (exact) mass is 449 g/mol. The molecule has 2 aromatic carbocycles. The van der Waals surface area contributed by atoms with E-state index in [1.165, 1.54) is 4.90 Å². The predicted molar refractivity (Wildman–Crippen MR) is 125 cm³/mol. The fraction of sp³-hybridized carbons (Fsp3) is 0.208. The number of imide groups is 1. The van der Waals surface area contributed by atoms with Gasteiger partial charge in [0.2, 0.25) is 5.91 Å². The molecule has 4 rings (SSSR count). The number of para-hydroxylation sites is 1. The predicted octanol–water partition coefficient (Wildman–Crippen LogP) is 3.64. The van der Waals surface area contributed by atoms with Gasteiger partial charge in [0.05, 0.1) is 18.1 Å². The number of ether oxygens (including phenoxy) is 1. The Bertz CT molecular complexity index is 1190. The Kier molecular flexibility index (Phi) is 6.72. The maximum atomic E-state index is 12.9. The van der Waals surface area contributed by atoms with Gasteiger partial charge >= 0.3 is 0 Å². The highest BCUT2D eigenvalue weighted by Crippen LogP contribution is 2.35. The van der Waals surface area contributed by atoms with Crippen LogP contribution in [0, 0.1) is 0 Å². The number of amides is 3. The van der Waals surface area contributed by atoms with E-state index >= 15 is 0 Å². The summed E-state index contributed by atoms with van der Waals surface area (Å²) in [5.41, 5.74) is 2.56. The SMILES string of the molecule is COCCNC(=O)Cn1cc(/C=C2\SC(=O)N(Cc3ccccc3)C2=O)c2ccccc21. The zero-order valence-electron chi connectivity index (χ0n) is 17.6. The Hall–Kier alpha value is -3.36. The first-order chi connectivity index (χ1) is 15.6.